The molecule has 0 spiro atoms. The second kappa shape index (κ2) is 12.3. The lowest BCUT2D eigenvalue weighted by molar-refractivity contribution is -0.135. The highest BCUT2D eigenvalue weighted by Crippen LogP contribution is 2.30. The van der Waals surface area contributed by atoms with Crippen LogP contribution in [-0.4, -0.2) is 47.2 Å². The number of anilines is 1. The Hall–Kier alpha value is -4.63. The van der Waals surface area contributed by atoms with Gasteiger partial charge in [0.2, 0.25) is 0 Å². The molecule has 0 saturated carbocycles. The van der Waals surface area contributed by atoms with Gasteiger partial charge in [0.25, 0.3) is 5.91 Å². The normalized spacial score (nSPS) is 10.5. The molecule has 39 heavy (non-hydrogen) atoms. The number of nitrogens with zero attached hydrogens (tertiary/aromatic N) is 1. The van der Waals surface area contributed by atoms with E-state index in [0.29, 0.717) is 45.6 Å². The number of ketones is 1. The van der Waals surface area contributed by atoms with Crippen LogP contribution in [0.5, 0.6) is 5.75 Å². The van der Waals surface area contributed by atoms with Crippen LogP contribution >= 0.6 is 12.4 Å². The number of amides is 1. The molecule has 3 aromatic carbocycles. The number of Topliss-reactive ketones (excluding diaryl/α,β-unsaturated/α-hetero) is 1. The van der Waals surface area contributed by atoms with E-state index in [-0.39, 0.29) is 36.0 Å². The molecular formula is C29H29ClN4O5. The lowest BCUT2D eigenvalue weighted by Gasteiger charge is -2.22. The smallest absolute Gasteiger partial charge is 0.323 e. The summed E-state index contributed by atoms with van der Waals surface area (Å²) in [5.74, 6) is -1.47. The number of nitrogen functional groups attached to an aromatic ring is 1. The van der Waals surface area contributed by atoms with Crippen LogP contribution in [0.1, 0.15) is 44.0 Å². The van der Waals surface area contributed by atoms with Gasteiger partial charge in [-0.3, -0.25) is 24.7 Å². The van der Waals surface area contributed by atoms with Crippen molar-refractivity contribution >= 4 is 52.5 Å². The molecule has 5 N–H and O–H groups in total. The van der Waals surface area contributed by atoms with Crippen molar-refractivity contribution in [3.8, 4) is 5.75 Å². The van der Waals surface area contributed by atoms with Crippen LogP contribution in [0.25, 0.3) is 10.9 Å². The van der Waals surface area contributed by atoms with Gasteiger partial charge in [-0.15, -0.1) is 12.4 Å². The number of hydrogen-bond acceptors (Lipinski definition) is 5. The number of rotatable bonds is 10. The SMILES string of the molecule is COc1ccccc1C(=O)N(CC(=O)O)c1ccc2[nH]c(C)c(C(=O)CCc3ccc(C(=N)N)cc3)c2c1.Cl. The molecule has 0 radical (unpaired) electrons. The van der Waals surface area contributed by atoms with Crippen LogP contribution in [0, 0.1) is 12.3 Å². The van der Waals surface area contributed by atoms with Gasteiger partial charge in [-0.2, -0.15) is 0 Å². The van der Waals surface area contributed by atoms with Gasteiger partial charge in [0.05, 0.1) is 12.7 Å². The number of H-pyrrole nitrogens is 1. The Morgan fingerprint density at radius 1 is 1.05 bits per heavy atom. The van der Waals surface area contributed by atoms with Gasteiger partial charge in [0, 0.05) is 39.8 Å². The number of halogens is 1. The lowest BCUT2D eigenvalue weighted by Crippen LogP contribution is -2.36. The number of carboxylic acid groups (broad SMARTS) is 1. The third-order valence-corrected chi connectivity index (χ3v) is 6.34. The summed E-state index contributed by atoms with van der Waals surface area (Å²) >= 11 is 0. The Labute approximate surface area is 231 Å². The topological polar surface area (TPSA) is 150 Å². The summed E-state index contributed by atoms with van der Waals surface area (Å²) in [6, 6.07) is 18.9. The maximum atomic E-state index is 13.4. The van der Waals surface area contributed by atoms with Gasteiger partial charge >= 0.3 is 5.97 Å². The Morgan fingerprint density at radius 3 is 2.38 bits per heavy atom. The number of benzene rings is 3. The van der Waals surface area contributed by atoms with Gasteiger partial charge < -0.3 is 20.6 Å². The number of hydrogen-bond donors (Lipinski definition) is 4. The molecule has 1 aromatic heterocycles. The number of fused-ring (bicyclic) bond motifs is 1. The molecule has 0 bridgehead atoms. The number of nitrogens with one attached hydrogen (secondary N) is 2. The quantitative estimate of drug-likeness (QED) is 0.128. The predicted molar refractivity (Wildman–Crippen MR) is 153 cm³/mol. The minimum Gasteiger partial charge on any atom is -0.496 e. The largest absolute Gasteiger partial charge is 0.496 e. The Kier molecular flexibility index (Phi) is 9.11. The molecule has 0 saturated heterocycles. The number of carbonyl (C=O) groups excluding carboxylic acids is 2. The van der Waals surface area contributed by atoms with Gasteiger partial charge in [-0.1, -0.05) is 36.4 Å². The van der Waals surface area contributed by atoms with Crippen molar-refractivity contribution in [1.82, 2.24) is 4.98 Å². The fourth-order valence-corrected chi connectivity index (χ4v) is 4.46. The Balaban J connectivity index is 0.00000420. The maximum absolute atomic E-state index is 13.4. The molecule has 1 heterocycles. The van der Waals surface area contributed by atoms with Crippen molar-refractivity contribution in [2.24, 2.45) is 5.73 Å². The molecule has 9 nitrogen and oxygen atoms in total. The fourth-order valence-electron chi connectivity index (χ4n) is 4.46. The van der Waals surface area contributed by atoms with Crippen LogP contribution in [-0.2, 0) is 11.2 Å². The van der Waals surface area contributed by atoms with Crippen molar-refractivity contribution in [2.75, 3.05) is 18.6 Å². The van der Waals surface area contributed by atoms with Gasteiger partial charge in [0.15, 0.2) is 5.78 Å². The fraction of sp³-hybridized carbons (Fsp3) is 0.172. The van der Waals surface area contributed by atoms with E-state index in [0.717, 1.165) is 10.5 Å². The van der Waals surface area contributed by atoms with E-state index in [1.165, 1.54) is 7.11 Å². The highest BCUT2D eigenvalue weighted by atomic mass is 35.5. The number of carboxylic acids is 1. The molecule has 0 aliphatic rings. The number of nitrogens with two attached hydrogens (primary N) is 1. The van der Waals surface area contributed by atoms with Crippen LogP contribution in [0.2, 0.25) is 0 Å². The summed E-state index contributed by atoms with van der Waals surface area (Å²) in [5, 5.41) is 17.7. The average Bonchev–Trinajstić information content (AvgIpc) is 3.24. The zero-order chi connectivity index (χ0) is 27.4. The third-order valence-electron chi connectivity index (χ3n) is 6.34. The highest BCUT2D eigenvalue weighted by molar-refractivity contribution is 6.13. The first-order valence-electron chi connectivity index (χ1n) is 11.9. The number of amidine groups is 1. The Bertz CT molecular complexity index is 1550. The second-order valence-electron chi connectivity index (χ2n) is 8.87. The summed E-state index contributed by atoms with van der Waals surface area (Å²) in [4.78, 5) is 42.8. The molecule has 0 aliphatic carbocycles. The molecule has 0 unspecified atom stereocenters. The van der Waals surface area contributed by atoms with E-state index in [9.17, 15) is 19.5 Å². The van der Waals surface area contributed by atoms with E-state index in [2.05, 4.69) is 4.98 Å². The van der Waals surface area contributed by atoms with Crippen molar-refractivity contribution in [3.63, 3.8) is 0 Å². The molecule has 4 rings (SSSR count). The molecule has 0 fully saturated rings. The first-order valence-corrected chi connectivity index (χ1v) is 11.9. The summed E-state index contributed by atoms with van der Waals surface area (Å²) in [5.41, 5.74) is 9.55. The van der Waals surface area contributed by atoms with Crippen molar-refractivity contribution in [2.45, 2.75) is 19.8 Å². The molecule has 0 aliphatic heterocycles. The van der Waals surface area contributed by atoms with Crippen LogP contribution in [0.3, 0.4) is 0 Å². The molecule has 4 aromatic rings. The lowest BCUT2D eigenvalue weighted by atomic mass is 9.99. The van der Waals surface area contributed by atoms with Gasteiger partial charge in [-0.05, 0) is 49.2 Å². The highest BCUT2D eigenvalue weighted by Gasteiger charge is 2.25. The molecule has 202 valence electrons. The van der Waals surface area contributed by atoms with Gasteiger partial charge in [-0.25, -0.2) is 0 Å². The summed E-state index contributed by atoms with van der Waals surface area (Å²) in [6.45, 7) is 1.24. The average molecular weight is 549 g/mol. The van der Waals surface area contributed by atoms with E-state index >= 15 is 0 Å². The van der Waals surface area contributed by atoms with E-state index in [4.69, 9.17) is 15.9 Å². The number of aromatic amines is 1. The number of aromatic nitrogens is 1. The standard InChI is InChI=1S/C29H28N4O5.ClH/c1-17-27(24(34)14-9-18-7-10-19(11-8-18)28(30)31)22-15-20(12-13-23(22)32-17)33(16-26(35)36)29(37)21-5-3-4-6-25(21)38-2;/h3-8,10-13,15,32H,9,14,16H2,1-2H3,(H3,30,31)(H,35,36);1H. The minimum atomic E-state index is -1.18. The summed E-state index contributed by atoms with van der Waals surface area (Å²) < 4.78 is 5.30. The van der Waals surface area contributed by atoms with E-state index < -0.39 is 18.4 Å². The van der Waals surface area contributed by atoms with E-state index in [1.54, 1.807) is 54.6 Å². The number of carbonyl (C=O) groups is 3. The Morgan fingerprint density at radius 2 is 1.74 bits per heavy atom. The third kappa shape index (κ3) is 6.27. The number of aliphatic carboxylic acids is 1. The van der Waals surface area contributed by atoms with E-state index in [1.807, 2.05) is 19.1 Å². The monoisotopic (exact) mass is 548 g/mol. The first kappa shape index (κ1) is 28.9. The first-order chi connectivity index (χ1) is 18.2. The second-order valence-corrected chi connectivity index (χ2v) is 8.87. The number of aryl methyl sites for hydroxylation is 2. The number of ether oxygens (including phenoxy) is 1. The number of para-hydroxylation sites is 1. The van der Waals surface area contributed by atoms with Crippen LogP contribution in [0.15, 0.2) is 66.7 Å². The molecular weight excluding hydrogens is 520 g/mol. The maximum Gasteiger partial charge on any atom is 0.323 e. The van der Waals surface area contributed by atoms with Crippen molar-refractivity contribution < 1.29 is 24.2 Å². The molecule has 1 amide bonds. The minimum absolute atomic E-state index is 0. The summed E-state index contributed by atoms with van der Waals surface area (Å²) in [6.07, 6.45) is 0.747. The molecule has 10 heteroatoms. The summed E-state index contributed by atoms with van der Waals surface area (Å²) in [7, 11) is 1.44. The van der Waals surface area contributed by atoms with Crippen molar-refractivity contribution in [1.29, 1.82) is 5.41 Å². The molecule has 0 atom stereocenters. The van der Waals surface area contributed by atoms with Crippen LogP contribution < -0.4 is 15.4 Å². The van der Waals surface area contributed by atoms with Gasteiger partial charge in [0.1, 0.15) is 18.1 Å². The number of methoxy groups -OCH3 is 1. The predicted octanol–water partition coefficient (Wildman–Crippen LogP) is 4.74. The van der Waals surface area contributed by atoms with Crippen LogP contribution in [0.4, 0.5) is 5.69 Å². The zero-order valence-corrected chi connectivity index (χ0v) is 22.3. The zero-order valence-electron chi connectivity index (χ0n) is 21.5. The van der Waals surface area contributed by atoms with Crippen molar-refractivity contribution in [3.05, 3.63) is 94.7 Å².